The van der Waals surface area contributed by atoms with E-state index in [0.717, 1.165) is 5.56 Å². The molecule has 0 fully saturated rings. The number of nitrogen functional groups attached to an aromatic ring is 1. The molecule has 1 heterocycles. The van der Waals surface area contributed by atoms with Crippen LogP contribution in [0.4, 0.5) is 10.7 Å². The summed E-state index contributed by atoms with van der Waals surface area (Å²) in [5, 5.41) is 2.93. The molecule has 134 valence electrons. The van der Waals surface area contributed by atoms with Crippen LogP contribution in [-0.2, 0) is 11.2 Å². The van der Waals surface area contributed by atoms with E-state index in [4.69, 9.17) is 26.8 Å². The van der Waals surface area contributed by atoms with E-state index in [1.165, 1.54) is 6.07 Å². The number of nitrogens with one attached hydrogen (secondary N) is 1. The molecule has 0 aliphatic heterocycles. The van der Waals surface area contributed by atoms with Crippen molar-refractivity contribution in [2.24, 2.45) is 0 Å². The first kappa shape index (κ1) is 18.8. The lowest BCUT2D eigenvalue weighted by molar-refractivity contribution is 0.0528. The van der Waals surface area contributed by atoms with E-state index in [9.17, 15) is 4.79 Å². The number of ether oxygens (including phenoxy) is 2. The van der Waals surface area contributed by atoms with E-state index in [-0.39, 0.29) is 17.0 Å². The van der Waals surface area contributed by atoms with Crippen LogP contribution < -0.4 is 15.8 Å². The van der Waals surface area contributed by atoms with Gasteiger partial charge in [-0.2, -0.15) is 4.98 Å². The Bertz CT molecular complexity index is 709. The fourth-order valence-corrected chi connectivity index (χ4v) is 2.11. The van der Waals surface area contributed by atoms with Crippen LogP contribution in [0.1, 0.15) is 26.3 Å². The van der Waals surface area contributed by atoms with Crippen molar-refractivity contribution in [3.05, 3.63) is 41.0 Å². The minimum absolute atomic E-state index is 0.0485. The molecule has 0 radical (unpaired) electrons. The molecule has 8 heteroatoms. The highest BCUT2D eigenvalue weighted by Crippen LogP contribution is 2.22. The van der Waals surface area contributed by atoms with E-state index in [1.54, 1.807) is 12.1 Å². The average molecular weight is 365 g/mol. The summed E-state index contributed by atoms with van der Waals surface area (Å²) in [6.07, 6.45) is 0.247. The van der Waals surface area contributed by atoms with Gasteiger partial charge in [-0.25, -0.2) is 9.78 Å². The van der Waals surface area contributed by atoms with Crippen molar-refractivity contribution < 1.29 is 14.3 Å². The number of hydrogen-bond acceptors (Lipinski definition) is 6. The number of amides is 1. The summed E-state index contributed by atoms with van der Waals surface area (Å²) in [6, 6.07) is 8.89. The summed E-state index contributed by atoms with van der Waals surface area (Å²) in [5.74, 6) is 0.919. The number of benzene rings is 1. The van der Waals surface area contributed by atoms with Gasteiger partial charge in [0.2, 0.25) is 11.8 Å². The van der Waals surface area contributed by atoms with Crippen molar-refractivity contribution in [1.29, 1.82) is 0 Å². The first-order valence-corrected chi connectivity index (χ1v) is 8.13. The maximum Gasteiger partial charge on any atom is 0.407 e. The monoisotopic (exact) mass is 364 g/mol. The number of carbonyl (C=O) groups excluding carboxylic acids is 1. The Labute approximate surface area is 151 Å². The van der Waals surface area contributed by atoms with Crippen molar-refractivity contribution in [2.45, 2.75) is 32.8 Å². The number of aromatic nitrogens is 2. The molecule has 0 saturated heterocycles. The van der Waals surface area contributed by atoms with Gasteiger partial charge in [0.15, 0.2) is 0 Å². The van der Waals surface area contributed by atoms with Crippen LogP contribution in [0, 0.1) is 0 Å². The summed E-state index contributed by atoms with van der Waals surface area (Å²) >= 11 is 5.81. The van der Waals surface area contributed by atoms with Crippen molar-refractivity contribution in [2.75, 3.05) is 12.3 Å². The van der Waals surface area contributed by atoms with Crippen LogP contribution in [0.15, 0.2) is 30.3 Å². The molecule has 0 spiro atoms. The predicted octanol–water partition coefficient (Wildman–Crippen LogP) is 3.57. The van der Waals surface area contributed by atoms with Gasteiger partial charge in [-0.1, -0.05) is 23.7 Å². The average Bonchev–Trinajstić information content (AvgIpc) is 2.46. The highest BCUT2D eigenvalue weighted by Gasteiger charge is 2.15. The quantitative estimate of drug-likeness (QED) is 0.787. The summed E-state index contributed by atoms with van der Waals surface area (Å²) < 4.78 is 10.8. The zero-order chi connectivity index (χ0) is 18.4. The number of nitrogens with zero attached hydrogens (tertiary/aromatic N) is 2. The summed E-state index contributed by atoms with van der Waals surface area (Å²) in [7, 11) is 0. The van der Waals surface area contributed by atoms with Crippen LogP contribution in [0.3, 0.4) is 0 Å². The molecular weight excluding hydrogens is 344 g/mol. The van der Waals surface area contributed by atoms with Gasteiger partial charge in [-0.15, -0.1) is 0 Å². The van der Waals surface area contributed by atoms with Gasteiger partial charge in [0.05, 0.1) is 0 Å². The Balaban J connectivity index is 1.84. The molecule has 1 aromatic heterocycles. The fraction of sp³-hybridized carbons (Fsp3) is 0.353. The van der Waals surface area contributed by atoms with Crippen LogP contribution in [0.2, 0.25) is 5.15 Å². The van der Waals surface area contributed by atoms with E-state index >= 15 is 0 Å². The number of halogens is 1. The minimum Gasteiger partial charge on any atom is -0.444 e. The number of anilines is 1. The molecule has 1 aromatic carbocycles. The topological polar surface area (TPSA) is 99.4 Å². The van der Waals surface area contributed by atoms with Gasteiger partial charge in [0.1, 0.15) is 16.5 Å². The zero-order valence-electron chi connectivity index (χ0n) is 14.4. The normalized spacial score (nSPS) is 11.0. The van der Waals surface area contributed by atoms with Gasteiger partial charge < -0.3 is 20.5 Å². The number of hydrogen-bond donors (Lipinski definition) is 2. The molecule has 2 aromatic rings. The Morgan fingerprint density at radius 3 is 2.52 bits per heavy atom. The lowest BCUT2D eigenvalue weighted by atomic mass is 10.1. The number of rotatable bonds is 5. The number of nitrogens with two attached hydrogens (primary N) is 1. The first-order valence-electron chi connectivity index (χ1n) is 7.75. The summed E-state index contributed by atoms with van der Waals surface area (Å²) in [6.45, 7) is 5.95. The molecule has 0 aliphatic rings. The summed E-state index contributed by atoms with van der Waals surface area (Å²) in [4.78, 5) is 19.3. The highest BCUT2D eigenvalue weighted by molar-refractivity contribution is 6.29. The predicted molar refractivity (Wildman–Crippen MR) is 95.9 cm³/mol. The maximum absolute atomic E-state index is 11.6. The molecule has 1 amide bonds. The second kappa shape index (κ2) is 8.02. The second-order valence-corrected chi connectivity index (χ2v) is 6.70. The van der Waals surface area contributed by atoms with Crippen LogP contribution >= 0.6 is 11.6 Å². The summed E-state index contributed by atoms with van der Waals surface area (Å²) in [5.41, 5.74) is 6.06. The smallest absolute Gasteiger partial charge is 0.407 e. The third-order valence-corrected chi connectivity index (χ3v) is 3.11. The van der Waals surface area contributed by atoms with Gasteiger partial charge in [-0.3, -0.25) is 0 Å². The minimum atomic E-state index is -0.504. The SMILES string of the molecule is CC(C)(C)OC(=O)NCCc1ccc(Oc2cc(Cl)nc(N)n2)cc1. The molecule has 0 bridgehead atoms. The molecule has 0 unspecified atom stereocenters. The Morgan fingerprint density at radius 2 is 1.92 bits per heavy atom. The van der Waals surface area contributed by atoms with Gasteiger partial charge >= 0.3 is 6.09 Å². The Hall–Kier alpha value is -2.54. The third-order valence-electron chi connectivity index (χ3n) is 2.92. The molecule has 0 aliphatic carbocycles. The van der Waals surface area contributed by atoms with Crippen LogP contribution in [-0.4, -0.2) is 28.2 Å². The Morgan fingerprint density at radius 1 is 1.24 bits per heavy atom. The van der Waals surface area contributed by atoms with Crippen LogP contribution in [0.25, 0.3) is 0 Å². The van der Waals surface area contributed by atoms with E-state index in [0.29, 0.717) is 18.7 Å². The lowest BCUT2D eigenvalue weighted by Crippen LogP contribution is -2.33. The van der Waals surface area contributed by atoms with Crippen molar-refractivity contribution in [3.63, 3.8) is 0 Å². The maximum atomic E-state index is 11.6. The second-order valence-electron chi connectivity index (χ2n) is 6.31. The van der Waals surface area contributed by atoms with Crippen molar-refractivity contribution in [1.82, 2.24) is 15.3 Å². The van der Waals surface area contributed by atoms with Gasteiger partial charge in [0, 0.05) is 12.6 Å². The Kier molecular flexibility index (Phi) is 6.03. The first-order chi connectivity index (χ1) is 11.7. The van der Waals surface area contributed by atoms with E-state index in [1.807, 2.05) is 32.9 Å². The number of alkyl carbamates (subject to hydrolysis) is 1. The molecule has 25 heavy (non-hydrogen) atoms. The highest BCUT2D eigenvalue weighted by atomic mass is 35.5. The largest absolute Gasteiger partial charge is 0.444 e. The zero-order valence-corrected chi connectivity index (χ0v) is 15.1. The van der Waals surface area contributed by atoms with Gasteiger partial charge in [0.25, 0.3) is 0 Å². The molecule has 7 nitrogen and oxygen atoms in total. The number of carbonyl (C=O) groups is 1. The molecule has 3 N–H and O–H groups in total. The van der Waals surface area contributed by atoms with Gasteiger partial charge in [-0.05, 0) is 44.9 Å². The standard InChI is InChI=1S/C17H21ClN4O3/c1-17(2,3)25-16(23)20-9-8-11-4-6-12(7-5-11)24-14-10-13(18)21-15(19)22-14/h4-7,10H,8-9H2,1-3H3,(H,20,23)(H2,19,21,22). The van der Waals surface area contributed by atoms with E-state index < -0.39 is 11.7 Å². The van der Waals surface area contributed by atoms with Crippen molar-refractivity contribution >= 4 is 23.6 Å². The fourth-order valence-electron chi connectivity index (χ4n) is 1.93. The van der Waals surface area contributed by atoms with E-state index in [2.05, 4.69) is 15.3 Å². The van der Waals surface area contributed by atoms with Crippen molar-refractivity contribution in [3.8, 4) is 11.6 Å². The molecule has 0 saturated carbocycles. The van der Waals surface area contributed by atoms with Crippen LogP contribution in [0.5, 0.6) is 11.6 Å². The lowest BCUT2D eigenvalue weighted by Gasteiger charge is -2.19. The third kappa shape index (κ3) is 6.84. The molecule has 0 atom stereocenters. The molecular formula is C17H21ClN4O3. The molecule has 2 rings (SSSR count).